The molecule has 0 atom stereocenters. The first-order chi connectivity index (χ1) is 5.77. The molecule has 0 amide bonds. The maximum absolute atomic E-state index is 3.91. The lowest BCUT2D eigenvalue weighted by atomic mass is 10.1. The highest BCUT2D eigenvalue weighted by Crippen LogP contribution is 2.07. The van der Waals surface area contributed by atoms with E-state index in [9.17, 15) is 0 Å². The van der Waals surface area contributed by atoms with Crippen molar-refractivity contribution in [1.82, 2.24) is 0 Å². The van der Waals surface area contributed by atoms with Gasteiger partial charge in [0, 0.05) is 0 Å². The first-order valence-corrected chi connectivity index (χ1v) is 3.94. The van der Waals surface area contributed by atoms with E-state index in [-0.39, 0.29) is 0 Å². The molecule has 0 fully saturated rings. The number of hydrogen-bond acceptors (Lipinski definition) is 0. The van der Waals surface area contributed by atoms with Crippen LogP contribution in [0.2, 0.25) is 0 Å². The van der Waals surface area contributed by atoms with Crippen molar-refractivity contribution < 1.29 is 0 Å². The Morgan fingerprint density at radius 3 is 1.58 bits per heavy atom. The van der Waals surface area contributed by atoms with Crippen molar-refractivity contribution in [3.63, 3.8) is 0 Å². The minimum absolute atomic E-state index is 1.01. The summed E-state index contributed by atoms with van der Waals surface area (Å²) in [7, 11) is 0. The highest BCUT2D eigenvalue weighted by Gasteiger charge is 1.89. The molecule has 0 aliphatic heterocycles. The van der Waals surface area contributed by atoms with Gasteiger partial charge >= 0.3 is 0 Å². The number of rotatable bonds is 0. The summed E-state index contributed by atoms with van der Waals surface area (Å²) in [6.07, 6.45) is 0. The fraction of sp³-hybridized carbons (Fsp3) is 0. The Morgan fingerprint density at radius 1 is 0.750 bits per heavy atom. The van der Waals surface area contributed by atoms with Gasteiger partial charge in [-0.05, 0) is 33.3 Å². The molecule has 0 heterocycles. The largest absolute Gasteiger partial charge is 0.0912 e. The summed E-state index contributed by atoms with van der Waals surface area (Å²) in [4.78, 5) is 0. The number of benzene rings is 2. The molecular weight excluding hydrogens is 144 g/mol. The second-order valence-corrected chi connectivity index (χ2v) is 2.97. The molecule has 12 heavy (non-hydrogen) atoms. The standard InChI is InChI=1S/C12H10/c1-9-7-11-5-3-4-6-12(11)8-10(9)2/h3-8H,1-2H2. The molecule has 0 saturated heterocycles. The molecule has 58 valence electrons. The van der Waals surface area contributed by atoms with Gasteiger partial charge in [0.1, 0.15) is 0 Å². The fourth-order valence-electron chi connectivity index (χ4n) is 1.33. The van der Waals surface area contributed by atoms with Gasteiger partial charge in [-0.3, -0.25) is 0 Å². The van der Waals surface area contributed by atoms with Crippen LogP contribution in [-0.4, -0.2) is 0 Å². The van der Waals surface area contributed by atoms with E-state index in [1.54, 1.807) is 0 Å². The zero-order valence-corrected chi connectivity index (χ0v) is 6.88. The van der Waals surface area contributed by atoms with Gasteiger partial charge in [0.15, 0.2) is 0 Å². The van der Waals surface area contributed by atoms with E-state index < -0.39 is 0 Å². The summed E-state index contributed by atoms with van der Waals surface area (Å²) in [5.41, 5.74) is 0. The van der Waals surface area contributed by atoms with Crippen LogP contribution in [0.4, 0.5) is 0 Å². The normalized spacial score (nSPS) is 10.3. The summed E-state index contributed by atoms with van der Waals surface area (Å²) in [5.74, 6) is 0. The molecule has 2 rings (SSSR count). The molecule has 0 N–H and O–H groups in total. The van der Waals surface area contributed by atoms with E-state index in [4.69, 9.17) is 0 Å². The highest BCUT2D eigenvalue weighted by atomic mass is 13.9. The molecule has 0 heteroatoms. The minimum atomic E-state index is 1.01. The zero-order valence-electron chi connectivity index (χ0n) is 6.88. The van der Waals surface area contributed by atoms with Gasteiger partial charge in [0.25, 0.3) is 0 Å². The Morgan fingerprint density at radius 2 is 1.17 bits per heavy atom. The van der Waals surface area contributed by atoms with Crippen LogP contribution in [0, 0.1) is 0 Å². The van der Waals surface area contributed by atoms with Crippen LogP contribution in [0.1, 0.15) is 0 Å². The molecule has 2 aromatic carbocycles. The van der Waals surface area contributed by atoms with Crippen molar-refractivity contribution in [2.75, 3.05) is 0 Å². The van der Waals surface area contributed by atoms with Crippen LogP contribution in [0.25, 0.3) is 23.9 Å². The zero-order chi connectivity index (χ0) is 8.55. The number of hydrogen-bond donors (Lipinski definition) is 0. The van der Waals surface area contributed by atoms with Gasteiger partial charge < -0.3 is 0 Å². The Labute approximate surface area is 71.5 Å². The van der Waals surface area contributed by atoms with Crippen molar-refractivity contribution in [1.29, 1.82) is 0 Å². The van der Waals surface area contributed by atoms with Crippen LogP contribution >= 0.6 is 0 Å². The lowest BCUT2D eigenvalue weighted by Crippen LogP contribution is -2.20. The van der Waals surface area contributed by atoms with Crippen LogP contribution < -0.4 is 10.4 Å². The van der Waals surface area contributed by atoms with E-state index in [0.717, 1.165) is 10.4 Å². The maximum Gasteiger partial charge on any atom is -0.0178 e. The Bertz CT molecular complexity index is 461. The Kier molecular flexibility index (Phi) is 1.47. The fourth-order valence-corrected chi connectivity index (χ4v) is 1.33. The van der Waals surface area contributed by atoms with Gasteiger partial charge in [0.05, 0.1) is 0 Å². The average molecular weight is 154 g/mol. The topological polar surface area (TPSA) is 0 Å². The van der Waals surface area contributed by atoms with Crippen LogP contribution in [0.5, 0.6) is 0 Å². The molecule has 0 aliphatic rings. The van der Waals surface area contributed by atoms with E-state index >= 15 is 0 Å². The van der Waals surface area contributed by atoms with Gasteiger partial charge in [-0.25, -0.2) is 0 Å². The van der Waals surface area contributed by atoms with Crippen LogP contribution in [-0.2, 0) is 0 Å². The molecule has 0 spiro atoms. The molecule has 0 nitrogen and oxygen atoms in total. The molecule has 0 aromatic heterocycles. The predicted molar refractivity (Wildman–Crippen MR) is 54.2 cm³/mol. The van der Waals surface area contributed by atoms with Gasteiger partial charge in [0.2, 0.25) is 0 Å². The highest BCUT2D eigenvalue weighted by molar-refractivity contribution is 5.82. The molecule has 0 radical (unpaired) electrons. The van der Waals surface area contributed by atoms with Gasteiger partial charge in [-0.15, -0.1) is 0 Å². The maximum atomic E-state index is 3.91. The smallest absolute Gasteiger partial charge is 0.0178 e. The monoisotopic (exact) mass is 154 g/mol. The lowest BCUT2D eigenvalue weighted by molar-refractivity contribution is 1.60. The summed E-state index contributed by atoms with van der Waals surface area (Å²) >= 11 is 0. The first-order valence-electron chi connectivity index (χ1n) is 3.94. The lowest BCUT2D eigenvalue weighted by Gasteiger charge is -1.95. The van der Waals surface area contributed by atoms with E-state index in [1.807, 2.05) is 12.1 Å². The van der Waals surface area contributed by atoms with E-state index in [0.29, 0.717) is 0 Å². The summed E-state index contributed by atoms with van der Waals surface area (Å²) < 4.78 is 0. The molecule has 0 bridgehead atoms. The van der Waals surface area contributed by atoms with Crippen molar-refractivity contribution in [3.8, 4) is 0 Å². The molecule has 0 aliphatic carbocycles. The van der Waals surface area contributed by atoms with Crippen LogP contribution in [0.15, 0.2) is 36.4 Å². The third-order valence-corrected chi connectivity index (χ3v) is 2.07. The molecule has 0 unspecified atom stereocenters. The van der Waals surface area contributed by atoms with Crippen LogP contribution in [0.3, 0.4) is 0 Å². The SMILES string of the molecule is C=c1cc2ccccc2cc1=C. The van der Waals surface area contributed by atoms with Crippen molar-refractivity contribution in [3.05, 3.63) is 46.8 Å². The summed E-state index contributed by atoms with van der Waals surface area (Å²) in [6, 6.07) is 12.4. The second kappa shape index (κ2) is 2.49. The van der Waals surface area contributed by atoms with Crippen molar-refractivity contribution >= 4 is 23.9 Å². The predicted octanol–water partition coefficient (Wildman–Crippen LogP) is 1.66. The van der Waals surface area contributed by atoms with E-state index in [1.165, 1.54) is 10.8 Å². The quantitative estimate of drug-likeness (QED) is 0.541. The van der Waals surface area contributed by atoms with Crippen molar-refractivity contribution in [2.45, 2.75) is 0 Å². The van der Waals surface area contributed by atoms with E-state index in [2.05, 4.69) is 37.4 Å². The third-order valence-electron chi connectivity index (χ3n) is 2.07. The molecule has 2 aromatic rings. The Balaban J connectivity index is 3.03. The average Bonchev–Trinajstić information content (AvgIpc) is 2.07. The van der Waals surface area contributed by atoms with Gasteiger partial charge in [-0.2, -0.15) is 0 Å². The van der Waals surface area contributed by atoms with Gasteiger partial charge in [-0.1, -0.05) is 37.4 Å². The second-order valence-electron chi connectivity index (χ2n) is 2.97. The third kappa shape index (κ3) is 1.02. The summed E-state index contributed by atoms with van der Waals surface area (Å²) in [5, 5.41) is 4.48. The molecular formula is C12H10. The first kappa shape index (κ1) is 7.11. The summed E-state index contributed by atoms with van der Waals surface area (Å²) in [6.45, 7) is 7.82. The number of fused-ring (bicyclic) bond motifs is 1. The minimum Gasteiger partial charge on any atom is -0.0912 e. The van der Waals surface area contributed by atoms with Crippen molar-refractivity contribution in [2.24, 2.45) is 0 Å². The molecule has 0 saturated carbocycles. The Hall–Kier alpha value is -1.56.